The van der Waals surface area contributed by atoms with Gasteiger partial charge in [-0.05, 0) is 27.7 Å². The average molecular weight is 206 g/mol. The van der Waals surface area contributed by atoms with Gasteiger partial charge < -0.3 is 10.2 Å². The molecule has 0 spiro atoms. The first-order chi connectivity index (χ1) is 5.59. The normalized spacial score (nSPS) is 12.6. The Kier molecular flexibility index (Phi) is 3.38. The Hall–Kier alpha value is -0.710. The molecule has 2 N–H and O–H groups in total. The quantitative estimate of drug-likeness (QED) is 0.728. The van der Waals surface area contributed by atoms with E-state index in [0.29, 0.717) is 0 Å². The summed E-state index contributed by atoms with van der Waals surface area (Å²) in [5.74, 6) is -2.02. The van der Waals surface area contributed by atoms with Crippen LogP contribution in [-0.4, -0.2) is 31.6 Å². The van der Waals surface area contributed by atoms with Crippen LogP contribution in [0.5, 0.6) is 0 Å². The van der Waals surface area contributed by atoms with E-state index in [4.69, 9.17) is 10.2 Å². The maximum atomic E-state index is 10.7. The molecule has 4 nitrogen and oxygen atoms in total. The Morgan fingerprint density at radius 3 is 1.31 bits per heavy atom. The number of carboxylic acid groups (broad SMARTS) is 2. The van der Waals surface area contributed by atoms with Gasteiger partial charge in [0.2, 0.25) is 0 Å². The summed E-state index contributed by atoms with van der Waals surface area (Å²) in [6, 6.07) is 0. The molecule has 76 valence electrons. The minimum atomic E-state index is -1.08. The number of carboxylic acids is 2. The van der Waals surface area contributed by atoms with Crippen LogP contribution >= 0.6 is 11.8 Å². The summed E-state index contributed by atoms with van der Waals surface area (Å²) in [7, 11) is 0. The fourth-order valence-corrected chi connectivity index (χ4v) is 2.18. The SMILES string of the molecule is CC(C)(SC(C)(C)C(=O)O)C(=O)O. The zero-order chi connectivity index (χ0) is 10.9. The van der Waals surface area contributed by atoms with Crippen molar-refractivity contribution in [1.29, 1.82) is 0 Å². The van der Waals surface area contributed by atoms with Crippen molar-refractivity contribution in [2.45, 2.75) is 37.2 Å². The van der Waals surface area contributed by atoms with Crippen LogP contribution in [0, 0.1) is 0 Å². The average Bonchev–Trinajstić information content (AvgIpc) is 1.83. The molecule has 0 aromatic heterocycles. The largest absolute Gasteiger partial charge is 0.480 e. The van der Waals surface area contributed by atoms with Gasteiger partial charge >= 0.3 is 11.9 Å². The third kappa shape index (κ3) is 3.26. The molecule has 5 heteroatoms. The molecular weight excluding hydrogens is 192 g/mol. The second kappa shape index (κ2) is 3.57. The zero-order valence-electron chi connectivity index (χ0n) is 8.12. The van der Waals surface area contributed by atoms with E-state index >= 15 is 0 Å². The van der Waals surface area contributed by atoms with E-state index in [1.807, 2.05) is 0 Å². The number of hydrogen-bond acceptors (Lipinski definition) is 3. The molecule has 0 bridgehead atoms. The van der Waals surface area contributed by atoms with E-state index in [2.05, 4.69) is 0 Å². The predicted octanol–water partition coefficient (Wildman–Crippen LogP) is 1.45. The van der Waals surface area contributed by atoms with Gasteiger partial charge in [0.05, 0.1) is 0 Å². The molecule has 0 rings (SSSR count). The second-order valence-electron chi connectivity index (χ2n) is 3.73. The van der Waals surface area contributed by atoms with Crippen molar-refractivity contribution in [3.8, 4) is 0 Å². The molecule has 0 aliphatic heterocycles. The topological polar surface area (TPSA) is 74.6 Å². The summed E-state index contributed by atoms with van der Waals surface area (Å²) in [5, 5.41) is 17.5. The Morgan fingerprint density at radius 2 is 1.15 bits per heavy atom. The third-order valence-corrected chi connectivity index (χ3v) is 2.91. The van der Waals surface area contributed by atoms with Crippen molar-refractivity contribution in [2.24, 2.45) is 0 Å². The van der Waals surface area contributed by atoms with Gasteiger partial charge in [-0.25, -0.2) is 0 Å². The van der Waals surface area contributed by atoms with Gasteiger partial charge in [-0.2, -0.15) is 0 Å². The van der Waals surface area contributed by atoms with E-state index in [1.165, 1.54) is 27.7 Å². The fourth-order valence-electron chi connectivity index (χ4n) is 0.725. The molecule has 0 saturated heterocycles. The molecule has 0 aromatic rings. The number of aliphatic carboxylic acids is 2. The summed E-state index contributed by atoms with van der Waals surface area (Å²) >= 11 is 0.921. The zero-order valence-corrected chi connectivity index (χ0v) is 8.94. The maximum absolute atomic E-state index is 10.7. The lowest BCUT2D eigenvalue weighted by Crippen LogP contribution is -2.38. The van der Waals surface area contributed by atoms with Gasteiger partial charge in [0.15, 0.2) is 0 Å². The van der Waals surface area contributed by atoms with Crippen LogP contribution in [0.2, 0.25) is 0 Å². The molecule has 13 heavy (non-hydrogen) atoms. The predicted molar refractivity (Wildman–Crippen MR) is 51.0 cm³/mol. The van der Waals surface area contributed by atoms with Gasteiger partial charge in [-0.1, -0.05) is 0 Å². The van der Waals surface area contributed by atoms with Crippen LogP contribution in [0.15, 0.2) is 0 Å². The number of hydrogen-bond donors (Lipinski definition) is 2. The van der Waals surface area contributed by atoms with Gasteiger partial charge in [0, 0.05) is 0 Å². The van der Waals surface area contributed by atoms with Crippen LogP contribution in [0.4, 0.5) is 0 Å². The van der Waals surface area contributed by atoms with E-state index < -0.39 is 21.4 Å². The number of rotatable bonds is 4. The van der Waals surface area contributed by atoms with Crippen LogP contribution in [0.1, 0.15) is 27.7 Å². The van der Waals surface area contributed by atoms with E-state index in [1.54, 1.807) is 0 Å². The third-order valence-electron chi connectivity index (χ3n) is 1.54. The minimum Gasteiger partial charge on any atom is -0.480 e. The van der Waals surface area contributed by atoms with Crippen molar-refractivity contribution in [3.63, 3.8) is 0 Å². The van der Waals surface area contributed by atoms with E-state index in [-0.39, 0.29) is 0 Å². The lowest BCUT2D eigenvalue weighted by atomic mass is 10.2. The molecule has 0 aromatic carbocycles. The minimum absolute atomic E-state index is 0.921. The Balaban J connectivity index is 4.61. The number of carbonyl (C=O) groups is 2. The smallest absolute Gasteiger partial charge is 0.319 e. The monoisotopic (exact) mass is 206 g/mol. The highest BCUT2D eigenvalue weighted by Crippen LogP contribution is 2.36. The molecule has 0 heterocycles. The Morgan fingerprint density at radius 1 is 0.923 bits per heavy atom. The molecule has 0 radical (unpaired) electrons. The maximum Gasteiger partial charge on any atom is 0.319 e. The van der Waals surface area contributed by atoms with Crippen molar-refractivity contribution >= 4 is 23.7 Å². The molecule has 0 fully saturated rings. The van der Waals surface area contributed by atoms with Gasteiger partial charge in [-0.15, -0.1) is 11.8 Å². The highest BCUT2D eigenvalue weighted by molar-refractivity contribution is 8.03. The van der Waals surface area contributed by atoms with Gasteiger partial charge in [0.25, 0.3) is 0 Å². The van der Waals surface area contributed by atoms with E-state index in [9.17, 15) is 9.59 Å². The van der Waals surface area contributed by atoms with Crippen LogP contribution in [-0.2, 0) is 9.59 Å². The summed E-state index contributed by atoms with van der Waals surface area (Å²) in [4.78, 5) is 21.4. The van der Waals surface area contributed by atoms with Crippen LogP contribution in [0.3, 0.4) is 0 Å². The molecule has 0 saturated carbocycles. The van der Waals surface area contributed by atoms with Crippen molar-refractivity contribution < 1.29 is 19.8 Å². The Bertz CT molecular complexity index is 208. The highest BCUT2D eigenvalue weighted by Gasteiger charge is 2.39. The summed E-state index contributed by atoms with van der Waals surface area (Å²) in [6.45, 7) is 5.96. The van der Waals surface area contributed by atoms with Gasteiger partial charge in [-0.3, -0.25) is 9.59 Å². The standard InChI is InChI=1S/C8H14O4S/c1-7(2,5(9)10)13-8(3,4)6(11)12/h1-4H3,(H,9,10)(H,11,12). The molecule has 0 atom stereocenters. The van der Waals surface area contributed by atoms with Gasteiger partial charge in [0.1, 0.15) is 9.49 Å². The lowest BCUT2D eigenvalue weighted by Gasteiger charge is -2.27. The molecular formula is C8H14O4S. The first-order valence-corrected chi connectivity index (χ1v) is 4.58. The van der Waals surface area contributed by atoms with Crippen molar-refractivity contribution in [2.75, 3.05) is 0 Å². The fraction of sp³-hybridized carbons (Fsp3) is 0.750. The lowest BCUT2D eigenvalue weighted by molar-refractivity contribution is -0.139. The van der Waals surface area contributed by atoms with Crippen molar-refractivity contribution in [1.82, 2.24) is 0 Å². The van der Waals surface area contributed by atoms with E-state index in [0.717, 1.165) is 11.8 Å². The summed E-state index contributed by atoms with van der Waals surface area (Å²) in [6.07, 6.45) is 0. The summed E-state index contributed by atoms with van der Waals surface area (Å²) in [5.41, 5.74) is 0. The first kappa shape index (κ1) is 12.3. The molecule has 0 amide bonds. The molecule has 0 unspecified atom stereocenters. The molecule has 0 aliphatic rings. The van der Waals surface area contributed by atoms with Crippen LogP contribution in [0.25, 0.3) is 0 Å². The highest BCUT2D eigenvalue weighted by atomic mass is 32.2. The van der Waals surface area contributed by atoms with Crippen molar-refractivity contribution in [3.05, 3.63) is 0 Å². The second-order valence-corrected chi connectivity index (χ2v) is 5.98. The Labute approximate surface area is 81.3 Å². The number of thioether (sulfide) groups is 1. The summed E-state index contributed by atoms with van der Waals surface area (Å²) < 4.78 is -2.16. The molecule has 0 aliphatic carbocycles. The van der Waals surface area contributed by atoms with Crippen LogP contribution < -0.4 is 0 Å². The first-order valence-electron chi connectivity index (χ1n) is 3.76.